The third-order valence-corrected chi connectivity index (χ3v) is 4.88. The molecule has 0 aliphatic carbocycles. The summed E-state index contributed by atoms with van der Waals surface area (Å²) in [6.07, 6.45) is 0. The van der Waals surface area contributed by atoms with Gasteiger partial charge in [-0.25, -0.2) is 17.5 Å². The highest BCUT2D eigenvalue weighted by Gasteiger charge is 2.18. The highest BCUT2D eigenvalue weighted by Crippen LogP contribution is 2.16. The van der Waals surface area contributed by atoms with Crippen molar-refractivity contribution in [1.82, 2.24) is 4.72 Å². The predicted molar refractivity (Wildman–Crippen MR) is 95.7 cm³/mol. The molecule has 0 saturated carbocycles. The van der Waals surface area contributed by atoms with Crippen molar-refractivity contribution in [3.8, 4) is 0 Å². The number of nitrogens with one attached hydrogen (secondary N) is 3. The number of carbonyl (C=O) groups is 2. The fraction of sp³-hybridized carbons (Fsp3) is 0.176. The number of aryl methyl sites for hydroxylation is 1. The summed E-state index contributed by atoms with van der Waals surface area (Å²) in [5.41, 5.74) is 1.14. The molecule has 0 aromatic heterocycles. The predicted octanol–water partition coefficient (Wildman–Crippen LogP) is 2.01. The lowest BCUT2D eigenvalue weighted by Crippen LogP contribution is -2.33. The van der Waals surface area contributed by atoms with Gasteiger partial charge in [-0.1, -0.05) is 6.07 Å². The Kier molecular flexibility index (Phi) is 6.06. The molecule has 0 aliphatic heterocycles. The molecule has 138 valence electrons. The number of carbonyl (C=O) groups excluding carboxylic acids is 2. The van der Waals surface area contributed by atoms with Crippen molar-refractivity contribution in [2.45, 2.75) is 18.7 Å². The lowest BCUT2D eigenvalue weighted by atomic mass is 10.2. The molecule has 2 aromatic rings. The number of rotatable bonds is 6. The molecule has 0 heterocycles. The quantitative estimate of drug-likeness (QED) is 0.714. The summed E-state index contributed by atoms with van der Waals surface area (Å²) in [7, 11) is -3.95. The van der Waals surface area contributed by atoms with E-state index in [0.29, 0.717) is 11.4 Å². The zero-order chi connectivity index (χ0) is 19.3. The Balaban J connectivity index is 2.01. The lowest BCUT2D eigenvalue weighted by Gasteiger charge is -2.10. The van der Waals surface area contributed by atoms with Crippen LogP contribution in [0.2, 0.25) is 0 Å². The van der Waals surface area contributed by atoms with Gasteiger partial charge in [-0.15, -0.1) is 0 Å². The lowest BCUT2D eigenvalue weighted by molar-refractivity contribution is -0.115. The fourth-order valence-corrected chi connectivity index (χ4v) is 3.44. The highest BCUT2D eigenvalue weighted by atomic mass is 32.2. The Bertz CT molecular complexity index is 945. The van der Waals surface area contributed by atoms with E-state index < -0.39 is 28.3 Å². The van der Waals surface area contributed by atoms with E-state index in [1.807, 2.05) is 0 Å². The van der Waals surface area contributed by atoms with Crippen molar-refractivity contribution in [2.24, 2.45) is 0 Å². The van der Waals surface area contributed by atoms with Crippen LogP contribution in [0.25, 0.3) is 0 Å². The molecule has 2 aromatic carbocycles. The Morgan fingerprint density at radius 1 is 1.04 bits per heavy atom. The Hall–Kier alpha value is -2.78. The van der Waals surface area contributed by atoms with Crippen molar-refractivity contribution in [3.05, 3.63) is 53.8 Å². The van der Waals surface area contributed by atoms with Crippen LogP contribution in [0, 0.1) is 12.7 Å². The van der Waals surface area contributed by atoms with Gasteiger partial charge in [0.25, 0.3) is 0 Å². The minimum atomic E-state index is -3.95. The van der Waals surface area contributed by atoms with Crippen LogP contribution in [-0.4, -0.2) is 26.8 Å². The number of hydrogen-bond donors (Lipinski definition) is 3. The maximum absolute atomic E-state index is 13.1. The largest absolute Gasteiger partial charge is 0.326 e. The monoisotopic (exact) mass is 379 g/mol. The van der Waals surface area contributed by atoms with Crippen molar-refractivity contribution >= 4 is 33.2 Å². The molecule has 0 unspecified atom stereocenters. The minimum absolute atomic E-state index is 0.0978. The van der Waals surface area contributed by atoms with Crippen molar-refractivity contribution < 1.29 is 22.4 Å². The first kappa shape index (κ1) is 19.5. The summed E-state index contributed by atoms with van der Waals surface area (Å²) in [4.78, 5) is 22.9. The summed E-state index contributed by atoms with van der Waals surface area (Å²) in [5.74, 6) is -1.39. The molecule has 2 amide bonds. The van der Waals surface area contributed by atoms with Gasteiger partial charge in [0.15, 0.2) is 0 Å². The Morgan fingerprint density at radius 3 is 2.31 bits per heavy atom. The first-order chi connectivity index (χ1) is 12.2. The van der Waals surface area contributed by atoms with Gasteiger partial charge in [0, 0.05) is 18.3 Å². The first-order valence-electron chi connectivity index (χ1n) is 7.61. The average Bonchev–Trinajstić information content (AvgIpc) is 2.52. The van der Waals surface area contributed by atoms with Gasteiger partial charge < -0.3 is 10.6 Å². The Morgan fingerprint density at radius 2 is 1.69 bits per heavy atom. The summed E-state index contributed by atoms with van der Waals surface area (Å²) >= 11 is 0. The molecule has 0 spiro atoms. The van der Waals surface area contributed by atoms with Crippen LogP contribution in [0.3, 0.4) is 0 Å². The van der Waals surface area contributed by atoms with Crippen LogP contribution in [0.5, 0.6) is 0 Å². The summed E-state index contributed by atoms with van der Waals surface area (Å²) in [6, 6.07) is 9.70. The number of benzene rings is 2. The molecular weight excluding hydrogens is 361 g/mol. The maximum atomic E-state index is 13.1. The third kappa shape index (κ3) is 5.36. The van der Waals surface area contributed by atoms with Gasteiger partial charge >= 0.3 is 0 Å². The van der Waals surface area contributed by atoms with E-state index in [1.165, 1.54) is 19.9 Å². The van der Waals surface area contributed by atoms with Gasteiger partial charge in [-0.2, -0.15) is 0 Å². The second kappa shape index (κ2) is 8.07. The fourth-order valence-electron chi connectivity index (χ4n) is 2.24. The molecule has 26 heavy (non-hydrogen) atoms. The van der Waals surface area contributed by atoms with Gasteiger partial charge in [-0.05, 0) is 48.9 Å². The third-order valence-electron chi connectivity index (χ3n) is 3.32. The van der Waals surface area contributed by atoms with E-state index in [-0.39, 0.29) is 16.4 Å². The van der Waals surface area contributed by atoms with Gasteiger partial charge in [-0.3, -0.25) is 9.59 Å². The zero-order valence-electron chi connectivity index (χ0n) is 14.2. The van der Waals surface area contributed by atoms with Crippen LogP contribution < -0.4 is 15.4 Å². The second-order valence-corrected chi connectivity index (χ2v) is 7.28. The van der Waals surface area contributed by atoms with Crippen LogP contribution in [0.1, 0.15) is 12.5 Å². The highest BCUT2D eigenvalue weighted by molar-refractivity contribution is 7.89. The van der Waals surface area contributed by atoms with Gasteiger partial charge in [0.1, 0.15) is 5.82 Å². The van der Waals surface area contributed by atoms with Gasteiger partial charge in [0.05, 0.1) is 11.4 Å². The Labute approximate surface area is 150 Å². The molecule has 0 bridgehead atoms. The van der Waals surface area contributed by atoms with E-state index in [0.717, 1.165) is 18.2 Å². The van der Waals surface area contributed by atoms with Crippen molar-refractivity contribution in [3.63, 3.8) is 0 Å². The molecular formula is C17H18FN3O4S. The SMILES string of the molecule is CC(=O)Nc1cccc(NC(=O)CNS(=O)(=O)c2ccc(F)cc2C)c1. The van der Waals surface area contributed by atoms with E-state index >= 15 is 0 Å². The summed E-state index contributed by atoms with van der Waals surface area (Å²) < 4.78 is 39.7. The van der Waals surface area contributed by atoms with Crippen LogP contribution in [0.4, 0.5) is 15.8 Å². The molecule has 3 N–H and O–H groups in total. The van der Waals surface area contributed by atoms with Crippen LogP contribution in [-0.2, 0) is 19.6 Å². The molecule has 0 aliphatic rings. The summed E-state index contributed by atoms with van der Waals surface area (Å²) in [6.45, 7) is 2.33. The van der Waals surface area contributed by atoms with Crippen molar-refractivity contribution in [2.75, 3.05) is 17.2 Å². The molecule has 0 radical (unpaired) electrons. The molecule has 9 heteroatoms. The summed E-state index contributed by atoms with van der Waals surface area (Å²) in [5, 5.41) is 5.10. The van der Waals surface area contributed by atoms with Gasteiger partial charge in [0.2, 0.25) is 21.8 Å². The number of sulfonamides is 1. The minimum Gasteiger partial charge on any atom is -0.326 e. The van der Waals surface area contributed by atoms with Crippen molar-refractivity contribution in [1.29, 1.82) is 0 Å². The molecule has 0 saturated heterocycles. The normalized spacial score (nSPS) is 11.0. The molecule has 0 atom stereocenters. The standard InChI is InChI=1S/C17H18FN3O4S/c1-11-8-13(18)6-7-16(11)26(24,25)19-10-17(23)21-15-5-3-4-14(9-15)20-12(2)22/h3-9,19H,10H2,1-2H3,(H,20,22)(H,21,23). The topological polar surface area (TPSA) is 104 Å². The van der Waals surface area contributed by atoms with E-state index in [2.05, 4.69) is 15.4 Å². The molecule has 0 fully saturated rings. The average molecular weight is 379 g/mol. The number of anilines is 2. The zero-order valence-corrected chi connectivity index (χ0v) is 15.0. The first-order valence-corrected chi connectivity index (χ1v) is 9.09. The molecule has 7 nitrogen and oxygen atoms in total. The number of hydrogen-bond acceptors (Lipinski definition) is 4. The van der Waals surface area contributed by atoms with Crippen LogP contribution in [0.15, 0.2) is 47.4 Å². The second-order valence-electron chi connectivity index (χ2n) is 5.54. The van der Waals surface area contributed by atoms with E-state index in [9.17, 15) is 22.4 Å². The maximum Gasteiger partial charge on any atom is 0.241 e. The van der Waals surface area contributed by atoms with E-state index in [1.54, 1.807) is 18.2 Å². The smallest absolute Gasteiger partial charge is 0.241 e. The van der Waals surface area contributed by atoms with Crippen LogP contribution >= 0.6 is 0 Å². The molecule has 2 rings (SSSR count). The number of halogens is 1. The van der Waals surface area contributed by atoms with E-state index in [4.69, 9.17) is 0 Å². The number of amides is 2.